The van der Waals surface area contributed by atoms with E-state index < -0.39 is 0 Å². The van der Waals surface area contributed by atoms with Crippen molar-refractivity contribution in [3.05, 3.63) is 30.1 Å². The Kier molecular flexibility index (Phi) is 6.31. The lowest BCUT2D eigenvalue weighted by atomic mass is 10.3. The number of nitrogens with zero attached hydrogens (tertiary/aromatic N) is 2. The SMILES string of the molecule is CCNC(=NCCCOc1ccc(F)cc1)N1CCCC1. The van der Waals surface area contributed by atoms with Gasteiger partial charge in [0, 0.05) is 32.6 Å². The van der Waals surface area contributed by atoms with Crippen molar-refractivity contribution >= 4 is 5.96 Å². The second-order valence-electron chi connectivity index (χ2n) is 5.09. The summed E-state index contributed by atoms with van der Waals surface area (Å²) in [5.74, 6) is 1.47. The van der Waals surface area contributed by atoms with Crippen molar-refractivity contribution in [3.8, 4) is 5.75 Å². The summed E-state index contributed by atoms with van der Waals surface area (Å²) in [6.07, 6.45) is 3.34. The molecule has 2 rings (SSSR count). The lowest BCUT2D eigenvalue weighted by Gasteiger charge is -2.20. The summed E-state index contributed by atoms with van der Waals surface area (Å²) in [4.78, 5) is 6.94. The van der Waals surface area contributed by atoms with Crippen LogP contribution in [0.15, 0.2) is 29.3 Å². The molecule has 0 aliphatic carbocycles. The van der Waals surface area contributed by atoms with Gasteiger partial charge in [-0.1, -0.05) is 0 Å². The second-order valence-corrected chi connectivity index (χ2v) is 5.09. The average Bonchev–Trinajstić information content (AvgIpc) is 3.02. The Hall–Kier alpha value is -1.78. The molecule has 0 aromatic heterocycles. The van der Waals surface area contributed by atoms with Gasteiger partial charge in [-0.25, -0.2) is 4.39 Å². The third-order valence-corrected chi connectivity index (χ3v) is 3.39. The van der Waals surface area contributed by atoms with E-state index in [2.05, 4.69) is 22.1 Å². The molecule has 0 bridgehead atoms. The Bertz CT molecular complexity index is 441. The van der Waals surface area contributed by atoms with E-state index >= 15 is 0 Å². The standard InChI is InChI=1S/C16H24FN3O/c1-2-18-16(20-11-3-4-12-20)19-10-5-13-21-15-8-6-14(17)7-9-15/h6-9H,2-5,10-13H2,1H3,(H,18,19). The van der Waals surface area contributed by atoms with E-state index in [1.165, 1.54) is 25.0 Å². The zero-order chi connectivity index (χ0) is 14.9. The van der Waals surface area contributed by atoms with E-state index in [0.29, 0.717) is 12.4 Å². The number of halogens is 1. The third-order valence-electron chi connectivity index (χ3n) is 3.39. The fraction of sp³-hybridized carbons (Fsp3) is 0.562. The summed E-state index contributed by atoms with van der Waals surface area (Å²) in [6.45, 7) is 6.50. The van der Waals surface area contributed by atoms with Gasteiger partial charge in [0.2, 0.25) is 0 Å². The van der Waals surface area contributed by atoms with Gasteiger partial charge in [-0.15, -0.1) is 0 Å². The first-order valence-electron chi connectivity index (χ1n) is 7.71. The largest absolute Gasteiger partial charge is 0.494 e. The Balaban J connectivity index is 1.71. The zero-order valence-electron chi connectivity index (χ0n) is 12.6. The van der Waals surface area contributed by atoms with E-state index in [-0.39, 0.29) is 5.82 Å². The van der Waals surface area contributed by atoms with Crippen molar-refractivity contribution in [2.24, 2.45) is 4.99 Å². The topological polar surface area (TPSA) is 36.9 Å². The molecule has 1 N–H and O–H groups in total. The normalized spacial score (nSPS) is 15.3. The van der Waals surface area contributed by atoms with Crippen LogP contribution in [0.3, 0.4) is 0 Å². The van der Waals surface area contributed by atoms with Crippen molar-refractivity contribution in [1.29, 1.82) is 0 Å². The number of rotatable bonds is 6. The highest BCUT2D eigenvalue weighted by Crippen LogP contribution is 2.11. The van der Waals surface area contributed by atoms with Gasteiger partial charge in [-0.05, 0) is 44.0 Å². The van der Waals surface area contributed by atoms with Gasteiger partial charge in [0.25, 0.3) is 0 Å². The summed E-state index contributed by atoms with van der Waals surface area (Å²) >= 11 is 0. The summed E-state index contributed by atoms with van der Waals surface area (Å²) in [7, 11) is 0. The average molecular weight is 293 g/mol. The van der Waals surface area contributed by atoms with Crippen molar-refractivity contribution in [3.63, 3.8) is 0 Å². The molecule has 1 aromatic carbocycles. The van der Waals surface area contributed by atoms with Crippen LogP contribution in [0.1, 0.15) is 26.2 Å². The number of ether oxygens (including phenoxy) is 1. The van der Waals surface area contributed by atoms with Gasteiger partial charge in [0.05, 0.1) is 6.61 Å². The molecule has 1 aliphatic heterocycles. The van der Waals surface area contributed by atoms with Crippen LogP contribution in [0.2, 0.25) is 0 Å². The molecule has 1 aromatic rings. The summed E-state index contributed by atoms with van der Waals surface area (Å²) < 4.78 is 18.3. The van der Waals surface area contributed by atoms with Crippen LogP contribution in [0, 0.1) is 5.82 Å². The van der Waals surface area contributed by atoms with Crippen LogP contribution >= 0.6 is 0 Å². The molecule has 1 aliphatic rings. The maximum absolute atomic E-state index is 12.8. The van der Waals surface area contributed by atoms with Crippen molar-refractivity contribution in [2.75, 3.05) is 32.8 Å². The first kappa shape index (κ1) is 15.6. The van der Waals surface area contributed by atoms with Gasteiger partial charge in [0.1, 0.15) is 11.6 Å². The molecule has 0 spiro atoms. The van der Waals surface area contributed by atoms with E-state index in [9.17, 15) is 4.39 Å². The molecule has 0 radical (unpaired) electrons. The van der Waals surface area contributed by atoms with Gasteiger partial charge in [-0.3, -0.25) is 4.99 Å². The molecular formula is C16H24FN3O. The van der Waals surface area contributed by atoms with E-state index in [1.807, 2.05) is 0 Å². The van der Waals surface area contributed by atoms with E-state index in [4.69, 9.17) is 4.74 Å². The van der Waals surface area contributed by atoms with Crippen LogP contribution in [0.5, 0.6) is 5.75 Å². The molecule has 0 unspecified atom stereocenters. The second kappa shape index (κ2) is 8.49. The maximum Gasteiger partial charge on any atom is 0.193 e. The molecule has 0 atom stereocenters. The van der Waals surface area contributed by atoms with E-state index in [0.717, 1.165) is 38.6 Å². The predicted molar refractivity (Wildman–Crippen MR) is 83.3 cm³/mol. The number of benzene rings is 1. The minimum atomic E-state index is -0.243. The molecule has 0 amide bonds. The quantitative estimate of drug-likeness (QED) is 0.498. The summed E-state index contributed by atoms with van der Waals surface area (Å²) in [5, 5.41) is 3.33. The Morgan fingerprint density at radius 3 is 2.67 bits per heavy atom. The molecule has 116 valence electrons. The fourth-order valence-electron chi connectivity index (χ4n) is 2.33. The highest BCUT2D eigenvalue weighted by molar-refractivity contribution is 5.80. The number of hydrogen-bond acceptors (Lipinski definition) is 2. The number of hydrogen-bond donors (Lipinski definition) is 1. The van der Waals surface area contributed by atoms with Gasteiger partial charge in [-0.2, -0.15) is 0 Å². The minimum Gasteiger partial charge on any atom is -0.494 e. The van der Waals surface area contributed by atoms with Crippen LogP contribution in [-0.2, 0) is 0 Å². The summed E-state index contributed by atoms with van der Waals surface area (Å²) in [6, 6.07) is 6.11. The van der Waals surface area contributed by atoms with Gasteiger partial charge in [0.15, 0.2) is 5.96 Å². The maximum atomic E-state index is 12.8. The van der Waals surface area contributed by atoms with Crippen molar-refractivity contribution < 1.29 is 9.13 Å². The van der Waals surface area contributed by atoms with Crippen molar-refractivity contribution in [1.82, 2.24) is 10.2 Å². The zero-order valence-corrected chi connectivity index (χ0v) is 12.6. The lowest BCUT2D eigenvalue weighted by Crippen LogP contribution is -2.39. The molecule has 4 nitrogen and oxygen atoms in total. The van der Waals surface area contributed by atoms with Crippen LogP contribution in [0.25, 0.3) is 0 Å². The molecule has 0 saturated carbocycles. The molecule has 1 saturated heterocycles. The number of likely N-dealkylation sites (tertiary alicyclic amines) is 1. The van der Waals surface area contributed by atoms with Crippen molar-refractivity contribution in [2.45, 2.75) is 26.2 Å². The molecule has 21 heavy (non-hydrogen) atoms. The van der Waals surface area contributed by atoms with Crippen LogP contribution in [-0.4, -0.2) is 43.6 Å². The van der Waals surface area contributed by atoms with Crippen LogP contribution < -0.4 is 10.1 Å². The number of nitrogens with one attached hydrogen (secondary N) is 1. The number of aliphatic imine (C=N–C) groups is 1. The fourth-order valence-corrected chi connectivity index (χ4v) is 2.33. The number of guanidine groups is 1. The monoisotopic (exact) mass is 293 g/mol. The lowest BCUT2D eigenvalue weighted by molar-refractivity contribution is 0.312. The summed E-state index contributed by atoms with van der Waals surface area (Å²) in [5.41, 5.74) is 0. The Morgan fingerprint density at radius 2 is 2.00 bits per heavy atom. The molecular weight excluding hydrogens is 269 g/mol. The van der Waals surface area contributed by atoms with Crippen LogP contribution in [0.4, 0.5) is 4.39 Å². The van der Waals surface area contributed by atoms with Gasteiger partial charge >= 0.3 is 0 Å². The minimum absolute atomic E-state index is 0.243. The Labute approximate surface area is 126 Å². The third kappa shape index (κ3) is 5.25. The molecule has 5 heteroatoms. The highest BCUT2D eigenvalue weighted by atomic mass is 19.1. The smallest absolute Gasteiger partial charge is 0.193 e. The molecule has 1 fully saturated rings. The Morgan fingerprint density at radius 1 is 1.29 bits per heavy atom. The predicted octanol–water partition coefficient (Wildman–Crippen LogP) is 2.66. The highest BCUT2D eigenvalue weighted by Gasteiger charge is 2.14. The first-order valence-corrected chi connectivity index (χ1v) is 7.71. The van der Waals surface area contributed by atoms with E-state index in [1.54, 1.807) is 12.1 Å². The molecule has 1 heterocycles. The first-order chi connectivity index (χ1) is 10.3. The van der Waals surface area contributed by atoms with Gasteiger partial charge < -0.3 is 15.0 Å².